The van der Waals surface area contributed by atoms with Crippen LogP contribution in [0.2, 0.25) is 5.02 Å². The van der Waals surface area contributed by atoms with Crippen molar-refractivity contribution in [1.82, 2.24) is 5.32 Å². The number of halogens is 2. The number of ether oxygens (including phenoxy) is 1. The van der Waals surface area contributed by atoms with Gasteiger partial charge in [-0.1, -0.05) is 66.2 Å². The standard InChI is InChI=1S/C24H19ClFNO4/c25-21-12-15(26)10-9-14(21)11-22(23(28)29)27-24(30)31-13-20-18-7-3-1-5-16(18)17-6-2-4-8-19(17)20/h1-10,12,20,22H,11,13H2,(H,27,30)(H,28,29). The molecule has 0 saturated carbocycles. The monoisotopic (exact) mass is 439 g/mol. The fourth-order valence-corrected chi connectivity index (χ4v) is 4.13. The Bertz CT molecular complexity index is 1100. The van der Waals surface area contributed by atoms with Crippen molar-refractivity contribution in [3.63, 3.8) is 0 Å². The molecule has 0 saturated heterocycles. The van der Waals surface area contributed by atoms with Crippen LogP contribution in [0.4, 0.5) is 9.18 Å². The predicted octanol–water partition coefficient (Wildman–Crippen LogP) is 5.01. The smallest absolute Gasteiger partial charge is 0.407 e. The highest BCUT2D eigenvalue weighted by atomic mass is 35.5. The number of hydrogen-bond donors (Lipinski definition) is 2. The molecule has 1 unspecified atom stereocenters. The van der Waals surface area contributed by atoms with Crippen LogP contribution in [0, 0.1) is 5.82 Å². The predicted molar refractivity (Wildman–Crippen MR) is 115 cm³/mol. The molecule has 3 aromatic carbocycles. The van der Waals surface area contributed by atoms with Crippen molar-refractivity contribution in [2.24, 2.45) is 0 Å². The van der Waals surface area contributed by atoms with Gasteiger partial charge in [0.25, 0.3) is 0 Å². The highest BCUT2D eigenvalue weighted by Crippen LogP contribution is 2.44. The minimum Gasteiger partial charge on any atom is -0.480 e. The molecule has 0 aromatic heterocycles. The van der Waals surface area contributed by atoms with Crippen LogP contribution in [-0.2, 0) is 16.0 Å². The third kappa shape index (κ3) is 4.39. The van der Waals surface area contributed by atoms with Crippen LogP contribution in [0.15, 0.2) is 66.7 Å². The minimum absolute atomic E-state index is 0.0729. The van der Waals surface area contributed by atoms with Crippen molar-refractivity contribution in [3.8, 4) is 11.1 Å². The van der Waals surface area contributed by atoms with Gasteiger partial charge in [0.2, 0.25) is 0 Å². The molecule has 1 amide bonds. The van der Waals surface area contributed by atoms with Crippen molar-refractivity contribution in [3.05, 3.63) is 94.3 Å². The van der Waals surface area contributed by atoms with Gasteiger partial charge < -0.3 is 15.2 Å². The summed E-state index contributed by atoms with van der Waals surface area (Å²) in [6, 6.07) is 18.3. The summed E-state index contributed by atoms with van der Waals surface area (Å²) in [6.07, 6.45) is -0.939. The number of carboxylic acid groups (broad SMARTS) is 1. The summed E-state index contributed by atoms with van der Waals surface area (Å²) >= 11 is 5.98. The number of amides is 1. The van der Waals surface area contributed by atoms with E-state index in [2.05, 4.69) is 5.32 Å². The first-order valence-electron chi connectivity index (χ1n) is 9.72. The summed E-state index contributed by atoms with van der Waals surface area (Å²) in [7, 11) is 0. The van der Waals surface area contributed by atoms with E-state index in [0.717, 1.165) is 28.3 Å². The lowest BCUT2D eigenvalue weighted by Gasteiger charge is -2.18. The molecular formula is C24H19ClFNO4. The van der Waals surface area contributed by atoms with Crippen LogP contribution in [0.5, 0.6) is 0 Å². The first-order valence-corrected chi connectivity index (χ1v) is 10.1. The second-order valence-corrected chi connectivity index (χ2v) is 7.71. The van der Waals surface area contributed by atoms with Crippen molar-refractivity contribution < 1.29 is 23.8 Å². The van der Waals surface area contributed by atoms with Crippen molar-refractivity contribution in [2.45, 2.75) is 18.4 Å². The Morgan fingerprint density at radius 3 is 2.23 bits per heavy atom. The highest BCUT2D eigenvalue weighted by molar-refractivity contribution is 6.31. The average molecular weight is 440 g/mol. The van der Waals surface area contributed by atoms with Crippen molar-refractivity contribution in [2.75, 3.05) is 6.61 Å². The zero-order valence-corrected chi connectivity index (χ0v) is 17.1. The van der Waals surface area contributed by atoms with E-state index >= 15 is 0 Å². The van der Waals surface area contributed by atoms with Crippen molar-refractivity contribution >= 4 is 23.7 Å². The Morgan fingerprint density at radius 2 is 1.65 bits per heavy atom. The molecule has 0 heterocycles. The maximum Gasteiger partial charge on any atom is 0.407 e. The number of rotatable bonds is 6. The number of alkyl carbamates (subject to hydrolysis) is 1. The van der Waals surface area contributed by atoms with Crippen LogP contribution in [-0.4, -0.2) is 29.8 Å². The van der Waals surface area contributed by atoms with Gasteiger partial charge >= 0.3 is 12.1 Å². The van der Waals surface area contributed by atoms with Crippen LogP contribution in [0.3, 0.4) is 0 Å². The number of hydrogen-bond acceptors (Lipinski definition) is 3. The van der Waals surface area contributed by atoms with E-state index < -0.39 is 23.9 Å². The third-order valence-electron chi connectivity index (χ3n) is 5.37. The molecular weight excluding hydrogens is 421 g/mol. The molecule has 0 aliphatic heterocycles. The summed E-state index contributed by atoms with van der Waals surface area (Å²) in [5.41, 5.74) is 4.73. The molecule has 0 radical (unpaired) electrons. The summed E-state index contributed by atoms with van der Waals surface area (Å²) in [6.45, 7) is 0.0729. The zero-order chi connectivity index (χ0) is 22.0. The molecule has 5 nitrogen and oxygen atoms in total. The Morgan fingerprint density at radius 1 is 1.03 bits per heavy atom. The van der Waals surface area contributed by atoms with Crippen LogP contribution in [0.25, 0.3) is 11.1 Å². The largest absolute Gasteiger partial charge is 0.480 e. The highest BCUT2D eigenvalue weighted by Gasteiger charge is 2.30. The van der Waals surface area contributed by atoms with Crippen LogP contribution in [0.1, 0.15) is 22.6 Å². The number of benzene rings is 3. The molecule has 0 fully saturated rings. The molecule has 4 rings (SSSR count). The average Bonchev–Trinajstić information content (AvgIpc) is 3.07. The van der Waals surface area contributed by atoms with Gasteiger partial charge in [-0.05, 0) is 39.9 Å². The number of fused-ring (bicyclic) bond motifs is 3. The fraction of sp³-hybridized carbons (Fsp3) is 0.167. The SMILES string of the molecule is O=C(NC(Cc1ccc(F)cc1Cl)C(=O)O)OCC1c2ccccc2-c2ccccc21. The maximum atomic E-state index is 13.2. The summed E-state index contributed by atoms with van der Waals surface area (Å²) in [5, 5.41) is 11.9. The Kier molecular flexibility index (Phi) is 5.91. The molecule has 7 heteroatoms. The normalized spacial score (nSPS) is 13.2. The van der Waals surface area contributed by atoms with Gasteiger partial charge in [-0.3, -0.25) is 0 Å². The molecule has 0 spiro atoms. The lowest BCUT2D eigenvalue weighted by atomic mass is 9.98. The van der Waals surface area contributed by atoms with Gasteiger partial charge in [0.15, 0.2) is 0 Å². The molecule has 1 aliphatic carbocycles. The van der Waals surface area contributed by atoms with Gasteiger partial charge in [-0.25, -0.2) is 14.0 Å². The Balaban J connectivity index is 1.44. The maximum absolute atomic E-state index is 13.2. The summed E-state index contributed by atoms with van der Waals surface area (Å²) < 4.78 is 18.6. The van der Waals surface area contributed by atoms with Gasteiger partial charge in [-0.15, -0.1) is 0 Å². The van der Waals surface area contributed by atoms with Gasteiger partial charge in [0.05, 0.1) is 0 Å². The molecule has 2 N–H and O–H groups in total. The molecule has 158 valence electrons. The van der Waals surface area contributed by atoms with E-state index in [4.69, 9.17) is 16.3 Å². The second-order valence-electron chi connectivity index (χ2n) is 7.30. The van der Waals surface area contributed by atoms with E-state index in [-0.39, 0.29) is 24.0 Å². The van der Waals surface area contributed by atoms with Crippen LogP contribution < -0.4 is 5.32 Å². The van der Waals surface area contributed by atoms with E-state index in [9.17, 15) is 19.1 Å². The first-order chi connectivity index (χ1) is 14.9. The topological polar surface area (TPSA) is 75.6 Å². The van der Waals surface area contributed by atoms with E-state index in [1.807, 2.05) is 48.5 Å². The zero-order valence-electron chi connectivity index (χ0n) is 16.3. The minimum atomic E-state index is -1.27. The van der Waals surface area contributed by atoms with E-state index in [0.29, 0.717) is 5.56 Å². The molecule has 1 aliphatic rings. The second kappa shape index (κ2) is 8.78. The Labute approximate surface area is 183 Å². The lowest BCUT2D eigenvalue weighted by molar-refractivity contribution is -0.139. The molecule has 0 bridgehead atoms. The van der Waals surface area contributed by atoms with E-state index in [1.54, 1.807) is 0 Å². The van der Waals surface area contributed by atoms with Crippen molar-refractivity contribution in [1.29, 1.82) is 0 Å². The van der Waals surface area contributed by atoms with Crippen LogP contribution >= 0.6 is 11.6 Å². The number of carbonyl (C=O) groups excluding carboxylic acids is 1. The number of aliphatic carboxylic acids is 1. The van der Waals surface area contributed by atoms with E-state index in [1.165, 1.54) is 12.1 Å². The number of nitrogens with one attached hydrogen (secondary N) is 1. The third-order valence-corrected chi connectivity index (χ3v) is 5.72. The van der Waals surface area contributed by atoms with Gasteiger partial charge in [0.1, 0.15) is 18.5 Å². The fourth-order valence-electron chi connectivity index (χ4n) is 3.89. The van der Waals surface area contributed by atoms with Gasteiger partial charge in [0, 0.05) is 17.4 Å². The summed E-state index contributed by atoms with van der Waals surface area (Å²) in [4.78, 5) is 24.0. The lowest BCUT2D eigenvalue weighted by Crippen LogP contribution is -2.43. The quantitative estimate of drug-likeness (QED) is 0.566. The number of carboxylic acids is 1. The van der Waals surface area contributed by atoms with Gasteiger partial charge in [-0.2, -0.15) is 0 Å². The first kappa shape index (κ1) is 20.9. The molecule has 3 aromatic rings. The molecule has 31 heavy (non-hydrogen) atoms. The number of carbonyl (C=O) groups is 2. The summed E-state index contributed by atoms with van der Waals surface area (Å²) in [5.74, 6) is -1.90. The molecule has 1 atom stereocenters. The Hall–Kier alpha value is -3.38.